The quantitative estimate of drug-likeness (QED) is 0.723. The van der Waals surface area contributed by atoms with Crippen molar-refractivity contribution in [2.45, 2.75) is 51.1 Å². The number of nitrogens with zero attached hydrogens (tertiary/aromatic N) is 1. The number of carbonyl (C=O) groups is 1. The molecule has 112 valence electrons. The third kappa shape index (κ3) is 6.35. The average molecular weight is 291 g/mol. The van der Waals surface area contributed by atoms with E-state index in [1.807, 2.05) is 11.8 Å². The molecule has 1 amide bonds. The van der Waals surface area contributed by atoms with Crippen LogP contribution in [0.25, 0.3) is 0 Å². The molecule has 6 nitrogen and oxygen atoms in total. The Labute approximate surface area is 115 Å². The maximum atomic E-state index is 12.1. The van der Waals surface area contributed by atoms with Crippen LogP contribution in [0.3, 0.4) is 0 Å². The molecule has 1 saturated heterocycles. The van der Waals surface area contributed by atoms with E-state index in [0.717, 1.165) is 32.1 Å². The Morgan fingerprint density at radius 3 is 2.74 bits per heavy atom. The monoisotopic (exact) mass is 291 g/mol. The summed E-state index contributed by atoms with van der Waals surface area (Å²) in [5, 5.41) is 0. The molecule has 1 fully saturated rings. The predicted octanol–water partition coefficient (Wildman–Crippen LogP) is 0.0441. The molecule has 2 unspecified atom stereocenters. The Morgan fingerprint density at radius 2 is 2.16 bits per heavy atom. The molecule has 1 aliphatic rings. The van der Waals surface area contributed by atoms with Crippen LogP contribution in [-0.4, -0.2) is 50.7 Å². The van der Waals surface area contributed by atoms with Crippen molar-refractivity contribution >= 4 is 15.9 Å². The van der Waals surface area contributed by atoms with E-state index in [0.29, 0.717) is 19.4 Å². The van der Waals surface area contributed by atoms with E-state index in [9.17, 15) is 13.2 Å². The molecule has 0 aromatic carbocycles. The molecule has 1 heterocycles. The summed E-state index contributed by atoms with van der Waals surface area (Å²) >= 11 is 0. The van der Waals surface area contributed by atoms with Gasteiger partial charge in [0.25, 0.3) is 0 Å². The minimum atomic E-state index is -3.16. The van der Waals surface area contributed by atoms with Crippen LogP contribution in [0.15, 0.2) is 0 Å². The zero-order chi connectivity index (χ0) is 14.5. The van der Waals surface area contributed by atoms with Crippen LogP contribution in [-0.2, 0) is 14.8 Å². The highest BCUT2D eigenvalue weighted by Gasteiger charge is 2.26. The van der Waals surface area contributed by atoms with E-state index in [2.05, 4.69) is 4.72 Å². The number of amides is 1. The van der Waals surface area contributed by atoms with Crippen molar-refractivity contribution in [2.24, 2.45) is 5.73 Å². The molecule has 0 spiro atoms. The van der Waals surface area contributed by atoms with Crippen LogP contribution < -0.4 is 10.5 Å². The van der Waals surface area contributed by atoms with E-state index < -0.39 is 10.0 Å². The van der Waals surface area contributed by atoms with Gasteiger partial charge in [-0.3, -0.25) is 4.79 Å². The number of carbonyl (C=O) groups excluding carboxylic acids is 1. The van der Waals surface area contributed by atoms with Gasteiger partial charge in [0.05, 0.1) is 6.26 Å². The number of nitrogens with one attached hydrogen (secondary N) is 1. The Morgan fingerprint density at radius 1 is 1.47 bits per heavy atom. The second kappa shape index (κ2) is 7.21. The zero-order valence-corrected chi connectivity index (χ0v) is 12.6. The Bertz CT molecular complexity index is 395. The summed E-state index contributed by atoms with van der Waals surface area (Å²) in [4.78, 5) is 14.0. The smallest absolute Gasteiger partial charge is 0.224 e. The number of rotatable bonds is 6. The van der Waals surface area contributed by atoms with Crippen LogP contribution in [0.2, 0.25) is 0 Å². The van der Waals surface area contributed by atoms with Crippen LogP contribution in [0, 0.1) is 0 Å². The maximum Gasteiger partial charge on any atom is 0.224 e. The molecule has 0 bridgehead atoms. The van der Waals surface area contributed by atoms with Gasteiger partial charge in [0.15, 0.2) is 0 Å². The van der Waals surface area contributed by atoms with Crippen LogP contribution in [0.4, 0.5) is 0 Å². The highest BCUT2D eigenvalue weighted by atomic mass is 32.2. The van der Waals surface area contributed by atoms with Gasteiger partial charge in [0.1, 0.15) is 0 Å². The predicted molar refractivity (Wildman–Crippen MR) is 75.1 cm³/mol. The average Bonchev–Trinajstić information content (AvgIpc) is 2.27. The third-order valence-electron chi connectivity index (χ3n) is 3.29. The highest BCUT2D eigenvalue weighted by Crippen LogP contribution is 2.20. The number of hydrogen-bond acceptors (Lipinski definition) is 4. The molecular weight excluding hydrogens is 266 g/mol. The van der Waals surface area contributed by atoms with Crippen LogP contribution in [0.1, 0.15) is 39.0 Å². The van der Waals surface area contributed by atoms with Crippen molar-refractivity contribution in [1.82, 2.24) is 9.62 Å². The summed E-state index contributed by atoms with van der Waals surface area (Å²) in [5.74, 6) is 0.0825. The largest absolute Gasteiger partial charge is 0.340 e. The summed E-state index contributed by atoms with van der Waals surface area (Å²) < 4.78 is 24.5. The lowest BCUT2D eigenvalue weighted by Crippen LogP contribution is -2.46. The van der Waals surface area contributed by atoms with Gasteiger partial charge in [-0.2, -0.15) is 0 Å². The van der Waals surface area contributed by atoms with E-state index in [1.54, 1.807) is 0 Å². The molecule has 0 aromatic rings. The van der Waals surface area contributed by atoms with Crippen molar-refractivity contribution in [1.29, 1.82) is 0 Å². The van der Waals surface area contributed by atoms with Gasteiger partial charge in [-0.05, 0) is 32.6 Å². The normalized spacial score (nSPS) is 22.3. The fourth-order valence-corrected chi connectivity index (χ4v) is 2.92. The standard InChI is InChI=1S/C12H25N3O3S/c1-10(13)9-12(16)15-8-4-3-5-11(15)6-7-14-19(2,17)18/h10-11,14H,3-9,13H2,1-2H3. The first-order valence-electron chi connectivity index (χ1n) is 6.79. The molecular formula is C12H25N3O3S. The maximum absolute atomic E-state index is 12.1. The van der Waals surface area contributed by atoms with E-state index in [1.165, 1.54) is 0 Å². The summed E-state index contributed by atoms with van der Waals surface area (Å²) in [6.07, 6.45) is 5.21. The first-order chi connectivity index (χ1) is 8.79. The number of hydrogen-bond donors (Lipinski definition) is 2. The number of piperidine rings is 1. The molecule has 19 heavy (non-hydrogen) atoms. The van der Waals surface area contributed by atoms with Crippen LogP contribution in [0.5, 0.6) is 0 Å². The molecule has 1 aliphatic heterocycles. The number of likely N-dealkylation sites (tertiary alicyclic amines) is 1. The summed E-state index contributed by atoms with van der Waals surface area (Å²) in [6.45, 7) is 2.96. The van der Waals surface area contributed by atoms with Crippen molar-refractivity contribution in [3.05, 3.63) is 0 Å². The van der Waals surface area contributed by atoms with E-state index >= 15 is 0 Å². The summed E-state index contributed by atoms with van der Waals surface area (Å²) in [5.41, 5.74) is 5.66. The highest BCUT2D eigenvalue weighted by molar-refractivity contribution is 7.88. The third-order valence-corrected chi connectivity index (χ3v) is 4.01. The molecule has 7 heteroatoms. The fourth-order valence-electron chi connectivity index (χ4n) is 2.43. The molecule has 0 aromatic heterocycles. The molecule has 0 radical (unpaired) electrons. The summed E-state index contributed by atoms with van der Waals surface area (Å²) in [7, 11) is -3.16. The van der Waals surface area contributed by atoms with E-state index in [4.69, 9.17) is 5.73 Å². The SMILES string of the molecule is CC(N)CC(=O)N1CCCCC1CCNS(C)(=O)=O. The van der Waals surface area contributed by atoms with Gasteiger partial charge in [-0.25, -0.2) is 13.1 Å². The topological polar surface area (TPSA) is 92.5 Å². The van der Waals surface area contributed by atoms with Gasteiger partial charge in [-0.15, -0.1) is 0 Å². The Balaban J connectivity index is 2.50. The van der Waals surface area contributed by atoms with E-state index in [-0.39, 0.29) is 18.0 Å². The molecule has 1 rings (SSSR count). The Kier molecular flexibility index (Phi) is 6.22. The molecule has 0 aliphatic carbocycles. The van der Waals surface area contributed by atoms with Crippen molar-refractivity contribution < 1.29 is 13.2 Å². The van der Waals surface area contributed by atoms with Gasteiger partial charge < -0.3 is 10.6 Å². The number of sulfonamides is 1. The lowest BCUT2D eigenvalue weighted by molar-refractivity contribution is -0.135. The molecule has 2 atom stereocenters. The lowest BCUT2D eigenvalue weighted by atomic mass is 9.98. The minimum absolute atomic E-state index is 0.0825. The van der Waals surface area contributed by atoms with Gasteiger partial charge in [-0.1, -0.05) is 0 Å². The van der Waals surface area contributed by atoms with Crippen molar-refractivity contribution in [3.63, 3.8) is 0 Å². The molecule has 0 saturated carbocycles. The van der Waals surface area contributed by atoms with Gasteiger partial charge in [0, 0.05) is 31.6 Å². The first kappa shape index (κ1) is 16.4. The fraction of sp³-hybridized carbons (Fsp3) is 0.917. The number of nitrogens with two attached hydrogens (primary N) is 1. The Hall–Kier alpha value is -0.660. The van der Waals surface area contributed by atoms with Crippen molar-refractivity contribution in [2.75, 3.05) is 19.3 Å². The van der Waals surface area contributed by atoms with Crippen LogP contribution >= 0.6 is 0 Å². The van der Waals surface area contributed by atoms with Gasteiger partial charge >= 0.3 is 0 Å². The second-order valence-electron chi connectivity index (χ2n) is 5.37. The van der Waals surface area contributed by atoms with Gasteiger partial charge in [0.2, 0.25) is 15.9 Å². The lowest BCUT2D eigenvalue weighted by Gasteiger charge is -2.36. The molecule has 3 N–H and O–H groups in total. The van der Waals surface area contributed by atoms with Crippen molar-refractivity contribution in [3.8, 4) is 0 Å². The zero-order valence-electron chi connectivity index (χ0n) is 11.8. The summed E-state index contributed by atoms with van der Waals surface area (Å²) in [6, 6.07) is -0.00142. The minimum Gasteiger partial charge on any atom is -0.340 e. The first-order valence-corrected chi connectivity index (χ1v) is 8.68. The second-order valence-corrected chi connectivity index (χ2v) is 7.21.